The minimum absolute atomic E-state index is 0.0535. The maximum atomic E-state index is 13.2. The van der Waals surface area contributed by atoms with Crippen molar-refractivity contribution in [2.24, 2.45) is 5.16 Å². The standard InChI is InChI=1S/C19H22FN3O6S2/c1-27-8-2-10-31(25,26)15-5-3-13(4-6-15)17(23-29-14-7-9-28-12-14)18(24)22-19-21-11-16(20)30-19/h3-6,11,14H,2,7-10,12H2,1H3,(H,21,22,24)/t14-/m1/s1. The first-order chi connectivity index (χ1) is 14.9. The fourth-order valence-electron chi connectivity index (χ4n) is 2.75. The van der Waals surface area contributed by atoms with Crippen molar-refractivity contribution in [3.63, 3.8) is 0 Å². The molecule has 1 fully saturated rings. The third-order valence-electron chi connectivity index (χ3n) is 4.34. The number of amides is 1. The van der Waals surface area contributed by atoms with Gasteiger partial charge in [0.2, 0.25) is 0 Å². The van der Waals surface area contributed by atoms with Gasteiger partial charge in [-0.05, 0) is 18.6 Å². The van der Waals surface area contributed by atoms with Gasteiger partial charge >= 0.3 is 0 Å². The first-order valence-corrected chi connectivity index (χ1v) is 11.9. The van der Waals surface area contributed by atoms with Crippen molar-refractivity contribution >= 4 is 37.9 Å². The van der Waals surface area contributed by atoms with E-state index in [9.17, 15) is 17.6 Å². The van der Waals surface area contributed by atoms with Crippen LogP contribution in [0.3, 0.4) is 0 Å². The normalized spacial score (nSPS) is 17.0. The van der Waals surface area contributed by atoms with Gasteiger partial charge in [0.05, 0.1) is 30.1 Å². The van der Waals surface area contributed by atoms with Gasteiger partial charge in [0.1, 0.15) is 0 Å². The van der Waals surface area contributed by atoms with E-state index in [4.69, 9.17) is 14.3 Å². The molecular formula is C19H22FN3O6S2. The second-order valence-electron chi connectivity index (χ2n) is 6.64. The van der Waals surface area contributed by atoms with Gasteiger partial charge in [-0.15, -0.1) is 0 Å². The molecular weight excluding hydrogens is 449 g/mol. The molecule has 0 unspecified atom stereocenters. The summed E-state index contributed by atoms with van der Waals surface area (Å²) in [6.45, 7) is 1.23. The highest BCUT2D eigenvalue weighted by Gasteiger charge is 2.22. The SMILES string of the molecule is COCCCS(=O)(=O)c1ccc(C(=NO[C@@H]2CCOC2)C(=O)Nc2ncc(F)s2)cc1. The molecule has 2 heterocycles. The summed E-state index contributed by atoms with van der Waals surface area (Å²) in [5.41, 5.74) is 0.245. The molecule has 9 nitrogen and oxygen atoms in total. The predicted octanol–water partition coefficient (Wildman–Crippen LogP) is 2.24. The van der Waals surface area contributed by atoms with Gasteiger partial charge in [-0.2, -0.15) is 4.39 Å². The van der Waals surface area contributed by atoms with Gasteiger partial charge in [0.25, 0.3) is 5.91 Å². The highest BCUT2D eigenvalue weighted by molar-refractivity contribution is 7.91. The second-order valence-corrected chi connectivity index (χ2v) is 9.73. The zero-order valence-electron chi connectivity index (χ0n) is 16.7. The Hall–Kier alpha value is -2.41. The third kappa shape index (κ3) is 6.53. The summed E-state index contributed by atoms with van der Waals surface area (Å²) in [5.74, 6) is -0.717. The first kappa shape index (κ1) is 23.3. The monoisotopic (exact) mass is 471 g/mol. The van der Waals surface area contributed by atoms with Crippen LogP contribution in [0.4, 0.5) is 9.52 Å². The number of halogens is 1. The average Bonchev–Trinajstić information content (AvgIpc) is 3.40. The van der Waals surface area contributed by atoms with Gasteiger partial charge in [-0.1, -0.05) is 28.6 Å². The Morgan fingerprint density at radius 1 is 1.39 bits per heavy atom. The van der Waals surface area contributed by atoms with Crippen molar-refractivity contribution < 1.29 is 31.9 Å². The number of thiazole rings is 1. The first-order valence-electron chi connectivity index (χ1n) is 9.45. The fraction of sp³-hybridized carbons (Fsp3) is 0.421. The number of oxime groups is 1. The molecule has 2 aromatic rings. The van der Waals surface area contributed by atoms with Gasteiger partial charge in [-0.3, -0.25) is 10.1 Å². The Bertz CT molecular complexity index is 1020. The summed E-state index contributed by atoms with van der Waals surface area (Å²) in [4.78, 5) is 22.0. The molecule has 1 N–H and O–H groups in total. The van der Waals surface area contributed by atoms with Crippen LogP contribution in [0, 0.1) is 5.13 Å². The smallest absolute Gasteiger partial charge is 0.280 e. The van der Waals surface area contributed by atoms with E-state index in [1.165, 1.54) is 31.4 Å². The zero-order chi connectivity index (χ0) is 22.3. The van der Waals surface area contributed by atoms with E-state index in [2.05, 4.69) is 15.5 Å². The lowest BCUT2D eigenvalue weighted by atomic mass is 10.1. The number of aromatic nitrogens is 1. The molecule has 0 saturated carbocycles. The summed E-state index contributed by atoms with van der Waals surface area (Å²) >= 11 is 0.672. The van der Waals surface area contributed by atoms with Crippen LogP contribution in [0.25, 0.3) is 0 Å². The number of nitrogens with one attached hydrogen (secondary N) is 1. The third-order valence-corrected chi connectivity index (χ3v) is 6.86. The molecule has 0 radical (unpaired) electrons. The van der Waals surface area contributed by atoms with Crippen LogP contribution < -0.4 is 5.32 Å². The van der Waals surface area contributed by atoms with Crippen LogP contribution in [0.2, 0.25) is 0 Å². The van der Waals surface area contributed by atoms with Crippen molar-refractivity contribution in [2.45, 2.75) is 23.8 Å². The summed E-state index contributed by atoms with van der Waals surface area (Å²) in [5, 5.41) is 5.96. The number of methoxy groups -OCH3 is 1. The van der Waals surface area contributed by atoms with Gasteiger partial charge in [-0.25, -0.2) is 13.4 Å². The average molecular weight is 472 g/mol. The molecule has 31 heavy (non-hydrogen) atoms. The summed E-state index contributed by atoms with van der Waals surface area (Å²) in [6, 6.07) is 5.75. The number of carbonyl (C=O) groups excluding carboxylic acids is 1. The Labute approximate surface area is 183 Å². The Morgan fingerprint density at radius 3 is 2.77 bits per heavy atom. The predicted molar refractivity (Wildman–Crippen MR) is 113 cm³/mol. The maximum Gasteiger partial charge on any atom is 0.280 e. The highest BCUT2D eigenvalue weighted by Crippen LogP contribution is 2.18. The number of benzene rings is 1. The van der Waals surface area contributed by atoms with Crippen LogP contribution in [0.15, 0.2) is 40.5 Å². The second kappa shape index (κ2) is 10.8. The van der Waals surface area contributed by atoms with Crippen LogP contribution >= 0.6 is 11.3 Å². The molecule has 0 bridgehead atoms. The molecule has 0 aliphatic carbocycles. The molecule has 3 rings (SSSR count). The van der Waals surface area contributed by atoms with Crippen molar-refractivity contribution in [2.75, 3.05) is 38.0 Å². The lowest BCUT2D eigenvalue weighted by Gasteiger charge is -2.10. The van der Waals surface area contributed by atoms with E-state index in [-0.39, 0.29) is 27.6 Å². The Kier molecular flexibility index (Phi) is 8.07. The van der Waals surface area contributed by atoms with Crippen LogP contribution in [-0.2, 0) is 28.9 Å². The van der Waals surface area contributed by atoms with E-state index in [0.29, 0.717) is 49.6 Å². The number of anilines is 1. The molecule has 1 saturated heterocycles. The van der Waals surface area contributed by atoms with Crippen molar-refractivity contribution in [3.8, 4) is 0 Å². The van der Waals surface area contributed by atoms with E-state index in [1.807, 2.05) is 0 Å². The molecule has 12 heteroatoms. The largest absolute Gasteiger partial charge is 0.389 e. The lowest BCUT2D eigenvalue weighted by molar-refractivity contribution is -0.110. The van der Waals surface area contributed by atoms with E-state index in [0.717, 1.165) is 6.20 Å². The number of hydrogen-bond donors (Lipinski definition) is 1. The zero-order valence-corrected chi connectivity index (χ0v) is 18.4. The van der Waals surface area contributed by atoms with Crippen LogP contribution in [-0.4, -0.2) is 63.8 Å². The van der Waals surface area contributed by atoms with Crippen molar-refractivity contribution in [1.82, 2.24) is 4.98 Å². The van der Waals surface area contributed by atoms with E-state index < -0.39 is 20.9 Å². The Balaban J connectivity index is 1.80. The quantitative estimate of drug-likeness (QED) is 0.321. The lowest BCUT2D eigenvalue weighted by Crippen LogP contribution is -2.25. The minimum atomic E-state index is -3.48. The Morgan fingerprint density at radius 2 is 2.16 bits per heavy atom. The fourth-order valence-corrected chi connectivity index (χ4v) is 4.57. The summed E-state index contributed by atoms with van der Waals surface area (Å²) < 4.78 is 48.2. The number of hydrogen-bond acceptors (Lipinski definition) is 9. The summed E-state index contributed by atoms with van der Waals surface area (Å²) in [7, 11) is -1.98. The molecule has 1 atom stereocenters. The van der Waals surface area contributed by atoms with Gasteiger partial charge < -0.3 is 14.3 Å². The topological polar surface area (TPSA) is 116 Å². The highest BCUT2D eigenvalue weighted by atomic mass is 32.2. The maximum absolute atomic E-state index is 13.2. The number of carbonyl (C=O) groups is 1. The molecule has 168 valence electrons. The summed E-state index contributed by atoms with van der Waals surface area (Å²) in [6.07, 6.45) is 1.71. The van der Waals surface area contributed by atoms with Gasteiger partial charge in [0, 0.05) is 25.7 Å². The number of ether oxygens (including phenoxy) is 2. The van der Waals surface area contributed by atoms with Gasteiger partial charge in [0.15, 0.2) is 31.9 Å². The van der Waals surface area contributed by atoms with Crippen LogP contribution in [0.5, 0.6) is 0 Å². The van der Waals surface area contributed by atoms with Crippen LogP contribution in [0.1, 0.15) is 18.4 Å². The van der Waals surface area contributed by atoms with Crippen molar-refractivity contribution in [1.29, 1.82) is 0 Å². The molecule has 1 amide bonds. The number of rotatable bonds is 10. The molecule has 0 spiro atoms. The molecule has 1 aromatic heterocycles. The minimum Gasteiger partial charge on any atom is -0.389 e. The van der Waals surface area contributed by atoms with Crippen molar-refractivity contribution in [3.05, 3.63) is 41.2 Å². The number of nitrogens with zero attached hydrogens (tertiary/aromatic N) is 2. The van der Waals surface area contributed by atoms with E-state index >= 15 is 0 Å². The number of sulfone groups is 1. The molecule has 1 aromatic carbocycles. The molecule has 1 aliphatic heterocycles. The molecule has 1 aliphatic rings. The van der Waals surface area contributed by atoms with E-state index in [1.54, 1.807) is 0 Å².